The monoisotopic (exact) mass is 251 g/mol. The molecule has 1 unspecified atom stereocenters. The van der Waals surface area contributed by atoms with Gasteiger partial charge < -0.3 is 5.41 Å². The Morgan fingerprint density at radius 3 is 1.89 bits per heavy atom. The van der Waals surface area contributed by atoms with Gasteiger partial charge in [-0.2, -0.15) is 0 Å². The second-order valence-corrected chi connectivity index (χ2v) is 4.47. The van der Waals surface area contributed by atoms with Crippen LogP contribution in [0.2, 0.25) is 0 Å². The maximum atomic E-state index is 12.4. The minimum absolute atomic E-state index is 0.0250. The lowest BCUT2D eigenvalue weighted by molar-refractivity contribution is 0.0952. The third-order valence-corrected chi connectivity index (χ3v) is 3.22. The van der Waals surface area contributed by atoms with E-state index >= 15 is 0 Å². The van der Waals surface area contributed by atoms with Crippen LogP contribution >= 0.6 is 0 Å². The van der Waals surface area contributed by atoms with E-state index in [0.717, 1.165) is 5.56 Å². The summed E-state index contributed by atoms with van der Waals surface area (Å²) in [6, 6.07) is 18.7. The van der Waals surface area contributed by atoms with Crippen molar-refractivity contribution in [2.75, 3.05) is 0 Å². The van der Waals surface area contributed by atoms with Gasteiger partial charge in [-0.3, -0.25) is 4.79 Å². The van der Waals surface area contributed by atoms with Gasteiger partial charge >= 0.3 is 0 Å². The molecule has 2 nitrogen and oxygen atoms in total. The molecule has 0 saturated carbocycles. The largest absolute Gasteiger partial charge is 0.304 e. The zero-order valence-corrected chi connectivity index (χ0v) is 11.0. The van der Waals surface area contributed by atoms with Crippen molar-refractivity contribution in [3.8, 4) is 0 Å². The summed E-state index contributed by atoms with van der Waals surface area (Å²) >= 11 is 0. The molecule has 2 heteroatoms. The second-order valence-electron chi connectivity index (χ2n) is 4.47. The SMILES string of the molecule is CCC(C(=N)c1ccccc1)C(=O)c1ccccc1. The number of ketones is 1. The number of rotatable bonds is 5. The standard InChI is InChI=1S/C17H17NO/c1-2-15(16(18)13-9-5-3-6-10-13)17(19)14-11-7-4-8-12-14/h3-12,15,18H,2H2,1H3. The van der Waals surface area contributed by atoms with E-state index in [9.17, 15) is 4.79 Å². The number of carbonyl (C=O) groups is 1. The van der Waals surface area contributed by atoms with Crippen molar-refractivity contribution < 1.29 is 4.79 Å². The molecule has 96 valence electrons. The summed E-state index contributed by atoms with van der Waals surface area (Å²) in [7, 11) is 0. The first-order chi connectivity index (χ1) is 9.24. The summed E-state index contributed by atoms with van der Waals surface area (Å²) in [6.45, 7) is 1.95. The van der Waals surface area contributed by atoms with E-state index in [0.29, 0.717) is 17.7 Å². The zero-order chi connectivity index (χ0) is 13.7. The minimum Gasteiger partial charge on any atom is -0.304 e. The molecule has 19 heavy (non-hydrogen) atoms. The molecule has 0 bridgehead atoms. The highest BCUT2D eigenvalue weighted by atomic mass is 16.1. The van der Waals surface area contributed by atoms with Crippen LogP contribution in [0.3, 0.4) is 0 Å². The van der Waals surface area contributed by atoms with Crippen LogP contribution in [0.4, 0.5) is 0 Å². The van der Waals surface area contributed by atoms with Gasteiger partial charge in [0, 0.05) is 11.3 Å². The Bertz CT molecular complexity index is 509. The average molecular weight is 251 g/mol. The molecule has 1 N–H and O–H groups in total. The van der Waals surface area contributed by atoms with Crippen LogP contribution in [0.1, 0.15) is 29.3 Å². The smallest absolute Gasteiger partial charge is 0.171 e. The molecule has 2 aromatic rings. The zero-order valence-electron chi connectivity index (χ0n) is 11.0. The van der Waals surface area contributed by atoms with E-state index in [2.05, 4.69) is 0 Å². The number of hydrogen-bond donors (Lipinski definition) is 1. The van der Waals surface area contributed by atoms with E-state index in [4.69, 9.17) is 5.41 Å². The van der Waals surface area contributed by atoms with E-state index in [1.54, 1.807) is 0 Å². The van der Waals surface area contributed by atoms with Crippen LogP contribution in [0.5, 0.6) is 0 Å². The molecule has 0 heterocycles. The second kappa shape index (κ2) is 6.10. The Morgan fingerprint density at radius 1 is 0.947 bits per heavy atom. The number of nitrogens with one attached hydrogen (secondary N) is 1. The van der Waals surface area contributed by atoms with Crippen LogP contribution in [0.25, 0.3) is 0 Å². The van der Waals surface area contributed by atoms with Gasteiger partial charge in [-0.1, -0.05) is 67.6 Å². The fourth-order valence-electron chi connectivity index (χ4n) is 2.14. The first-order valence-electron chi connectivity index (χ1n) is 6.47. The van der Waals surface area contributed by atoms with E-state index in [1.807, 2.05) is 67.6 Å². The average Bonchev–Trinajstić information content (AvgIpc) is 2.49. The van der Waals surface area contributed by atoms with Crippen LogP contribution in [0.15, 0.2) is 60.7 Å². The summed E-state index contributed by atoms with van der Waals surface area (Å²) in [5, 5.41) is 8.25. The van der Waals surface area contributed by atoms with Crippen molar-refractivity contribution in [2.24, 2.45) is 5.92 Å². The van der Waals surface area contributed by atoms with Crippen molar-refractivity contribution in [3.05, 3.63) is 71.8 Å². The molecule has 0 spiro atoms. The summed E-state index contributed by atoms with van der Waals surface area (Å²) in [5.74, 6) is -0.346. The summed E-state index contributed by atoms with van der Waals surface area (Å²) in [4.78, 5) is 12.4. The summed E-state index contributed by atoms with van der Waals surface area (Å²) in [5.41, 5.74) is 1.89. The van der Waals surface area contributed by atoms with Gasteiger partial charge in [-0.05, 0) is 12.0 Å². The third kappa shape index (κ3) is 2.97. The predicted octanol–water partition coefficient (Wildman–Crippen LogP) is 3.96. The number of carbonyl (C=O) groups excluding carboxylic acids is 1. The van der Waals surface area contributed by atoms with Crippen molar-refractivity contribution in [3.63, 3.8) is 0 Å². The van der Waals surface area contributed by atoms with Crippen molar-refractivity contribution in [1.82, 2.24) is 0 Å². The Balaban J connectivity index is 2.26. The van der Waals surface area contributed by atoms with Crippen LogP contribution in [0, 0.1) is 11.3 Å². The number of hydrogen-bond acceptors (Lipinski definition) is 2. The molecular formula is C17H17NO. The van der Waals surface area contributed by atoms with Crippen molar-refractivity contribution in [2.45, 2.75) is 13.3 Å². The molecule has 0 radical (unpaired) electrons. The van der Waals surface area contributed by atoms with Crippen molar-refractivity contribution >= 4 is 11.5 Å². The Morgan fingerprint density at radius 2 is 1.42 bits per heavy atom. The molecule has 0 amide bonds. The van der Waals surface area contributed by atoms with Gasteiger partial charge in [0.15, 0.2) is 5.78 Å². The lowest BCUT2D eigenvalue weighted by atomic mass is 9.87. The van der Waals surface area contributed by atoms with E-state index in [1.165, 1.54) is 0 Å². The normalized spacial score (nSPS) is 11.8. The van der Waals surface area contributed by atoms with Crippen LogP contribution < -0.4 is 0 Å². The van der Waals surface area contributed by atoms with Gasteiger partial charge in [-0.25, -0.2) is 0 Å². The predicted molar refractivity (Wildman–Crippen MR) is 77.8 cm³/mol. The molecule has 0 aliphatic heterocycles. The molecule has 2 aromatic carbocycles. The molecular weight excluding hydrogens is 234 g/mol. The van der Waals surface area contributed by atoms with Gasteiger partial charge in [0.1, 0.15) is 0 Å². The fraction of sp³-hybridized carbons (Fsp3) is 0.176. The Labute approximate surface area is 113 Å². The van der Waals surface area contributed by atoms with Crippen LogP contribution in [-0.2, 0) is 0 Å². The minimum atomic E-state index is -0.371. The third-order valence-electron chi connectivity index (χ3n) is 3.22. The fourth-order valence-corrected chi connectivity index (χ4v) is 2.14. The molecule has 1 atom stereocenters. The van der Waals surface area contributed by atoms with Gasteiger partial charge in [0.2, 0.25) is 0 Å². The van der Waals surface area contributed by atoms with Gasteiger partial charge in [-0.15, -0.1) is 0 Å². The quantitative estimate of drug-likeness (QED) is 0.634. The van der Waals surface area contributed by atoms with E-state index < -0.39 is 0 Å². The number of benzene rings is 2. The maximum absolute atomic E-state index is 12.4. The maximum Gasteiger partial charge on any atom is 0.171 e. The lowest BCUT2D eigenvalue weighted by Crippen LogP contribution is -2.23. The summed E-state index contributed by atoms with van der Waals surface area (Å²) in [6.07, 6.45) is 0.640. The summed E-state index contributed by atoms with van der Waals surface area (Å²) < 4.78 is 0. The molecule has 0 aromatic heterocycles. The number of Topliss-reactive ketones (excluding diaryl/α,β-unsaturated/α-hetero) is 1. The topological polar surface area (TPSA) is 40.9 Å². The molecule has 0 saturated heterocycles. The lowest BCUT2D eigenvalue weighted by Gasteiger charge is -2.15. The van der Waals surface area contributed by atoms with Crippen LogP contribution in [-0.4, -0.2) is 11.5 Å². The highest BCUT2D eigenvalue weighted by Crippen LogP contribution is 2.18. The molecule has 2 rings (SSSR count). The first-order valence-corrected chi connectivity index (χ1v) is 6.47. The van der Waals surface area contributed by atoms with Crippen molar-refractivity contribution in [1.29, 1.82) is 5.41 Å². The molecule has 0 fully saturated rings. The van der Waals surface area contributed by atoms with E-state index in [-0.39, 0.29) is 11.7 Å². The Kier molecular flexibility index (Phi) is 4.24. The first kappa shape index (κ1) is 13.2. The highest BCUT2D eigenvalue weighted by molar-refractivity contribution is 6.17. The van der Waals surface area contributed by atoms with Gasteiger partial charge in [0.25, 0.3) is 0 Å². The van der Waals surface area contributed by atoms with Gasteiger partial charge in [0.05, 0.1) is 5.92 Å². The molecule has 0 aliphatic carbocycles. The highest BCUT2D eigenvalue weighted by Gasteiger charge is 2.23. The Hall–Kier alpha value is -2.22. The molecule has 0 aliphatic rings.